The van der Waals surface area contributed by atoms with E-state index >= 15 is 0 Å². The predicted octanol–water partition coefficient (Wildman–Crippen LogP) is 2.11. The van der Waals surface area contributed by atoms with E-state index in [9.17, 15) is 18.0 Å². The maximum Gasteiger partial charge on any atom is 0.337 e. The lowest BCUT2D eigenvalue weighted by molar-refractivity contribution is -0.143. The third-order valence-electron chi connectivity index (χ3n) is 3.81. The van der Waals surface area contributed by atoms with Crippen molar-refractivity contribution < 1.29 is 27.5 Å². The standard InChI is InChI=1S/C19H21NO6S/c1-13-4-5-14(2)17(10-13)27(23,24)20-11-18(21)26-12-15-6-8-16(9-7-15)19(22)25-3/h4-10,20H,11-12H2,1-3H3. The van der Waals surface area contributed by atoms with Gasteiger partial charge in [-0.25, -0.2) is 13.2 Å². The summed E-state index contributed by atoms with van der Waals surface area (Å²) in [4.78, 5) is 23.3. The molecular weight excluding hydrogens is 370 g/mol. The minimum absolute atomic E-state index is 0.0362. The Morgan fingerprint density at radius 3 is 2.33 bits per heavy atom. The molecule has 27 heavy (non-hydrogen) atoms. The second-order valence-corrected chi connectivity index (χ2v) is 7.68. The zero-order valence-electron chi connectivity index (χ0n) is 15.3. The number of nitrogens with one attached hydrogen (secondary N) is 1. The van der Waals surface area contributed by atoms with Crippen molar-refractivity contribution >= 4 is 22.0 Å². The van der Waals surface area contributed by atoms with Crippen LogP contribution in [0.25, 0.3) is 0 Å². The quantitative estimate of drug-likeness (QED) is 0.726. The average Bonchev–Trinajstić information content (AvgIpc) is 2.66. The number of hydrogen-bond acceptors (Lipinski definition) is 6. The number of esters is 2. The van der Waals surface area contributed by atoms with Crippen molar-refractivity contribution in [1.29, 1.82) is 0 Å². The molecular formula is C19H21NO6S. The first-order valence-corrected chi connectivity index (χ1v) is 9.61. The van der Waals surface area contributed by atoms with E-state index in [4.69, 9.17) is 4.74 Å². The number of benzene rings is 2. The highest BCUT2D eigenvalue weighted by Gasteiger charge is 2.18. The van der Waals surface area contributed by atoms with Crippen molar-refractivity contribution in [3.8, 4) is 0 Å². The van der Waals surface area contributed by atoms with Crippen LogP contribution in [0.1, 0.15) is 27.0 Å². The largest absolute Gasteiger partial charge is 0.465 e. The highest BCUT2D eigenvalue weighted by Crippen LogP contribution is 2.16. The molecule has 0 radical (unpaired) electrons. The summed E-state index contributed by atoms with van der Waals surface area (Å²) in [6, 6.07) is 11.4. The first kappa shape index (κ1) is 20.6. The van der Waals surface area contributed by atoms with E-state index in [0.717, 1.165) is 5.56 Å². The molecule has 0 fully saturated rings. The van der Waals surface area contributed by atoms with E-state index in [-0.39, 0.29) is 11.5 Å². The summed E-state index contributed by atoms with van der Waals surface area (Å²) >= 11 is 0. The van der Waals surface area contributed by atoms with Crippen LogP contribution in [0.2, 0.25) is 0 Å². The maximum absolute atomic E-state index is 12.4. The van der Waals surface area contributed by atoms with Gasteiger partial charge in [0.2, 0.25) is 10.0 Å². The highest BCUT2D eigenvalue weighted by atomic mass is 32.2. The van der Waals surface area contributed by atoms with Crippen molar-refractivity contribution in [1.82, 2.24) is 4.72 Å². The monoisotopic (exact) mass is 391 g/mol. The van der Waals surface area contributed by atoms with Crippen molar-refractivity contribution in [2.45, 2.75) is 25.3 Å². The van der Waals surface area contributed by atoms with Crippen LogP contribution in [-0.2, 0) is 30.9 Å². The Balaban J connectivity index is 1.90. The zero-order chi connectivity index (χ0) is 20.0. The smallest absolute Gasteiger partial charge is 0.337 e. The van der Waals surface area contributed by atoms with Crippen molar-refractivity contribution in [2.24, 2.45) is 0 Å². The van der Waals surface area contributed by atoms with Crippen LogP contribution in [-0.4, -0.2) is 34.0 Å². The molecule has 0 saturated carbocycles. The fourth-order valence-corrected chi connectivity index (χ4v) is 3.59. The SMILES string of the molecule is COC(=O)c1ccc(COC(=O)CNS(=O)(=O)c2cc(C)ccc2C)cc1. The van der Waals surface area contributed by atoms with E-state index in [1.807, 2.05) is 6.07 Å². The molecule has 0 aliphatic rings. The number of sulfonamides is 1. The number of aryl methyl sites for hydroxylation is 2. The van der Waals surface area contributed by atoms with E-state index < -0.39 is 28.5 Å². The van der Waals surface area contributed by atoms with E-state index in [0.29, 0.717) is 16.7 Å². The molecule has 0 saturated heterocycles. The first-order valence-electron chi connectivity index (χ1n) is 8.13. The fourth-order valence-electron chi connectivity index (χ4n) is 2.30. The molecule has 0 aromatic heterocycles. The fraction of sp³-hybridized carbons (Fsp3) is 0.263. The molecule has 0 bridgehead atoms. The minimum Gasteiger partial charge on any atom is -0.465 e. The van der Waals surface area contributed by atoms with Crippen molar-refractivity contribution in [2.75, 3.05) is 13.7 Å². The molecule has 0 amide bonds. The topological polar surface area (TPSA) is 98.8 Å². The second kappa shape index (κ2) is 8.79. The summed E-state index contributed by atoms with van der Waals surface area (Å²) in [5.41, 5.74) is 2.44. The van der Waals surface area contributed by atoms with Crippen molar-refractivity contribution in [3.63, 3.8) is 0 Å². The van der Waals surface area contributed by atoms with Crippen LogP contribution in [0, 0.1) is 13.8 Å². The molecule has 1 N–H and O–H groups in total. The highest BCUT2D eigenvalue weighted by molar-refractivity contribution is 7.89. The number of methoxy groups -OCH3 is 1. The lowest BCUT2D eigenvalue weighted by Crippen LogP contribution is -2.31. The summed E-state index contributed by atoms with van der Waals surface area (Å²) in [6.07, 6.45) is 0. The Morgan fingerprint density at radius 1 is 1.04 bits per heavy atom. The van der Waals surface area contributed by atoms with Gasteiger partial charge in [-0.2, -0.15) is 4.72 Å². The summed E-state index contributed by atoms with van der Waals surface area (Å²) < 4.78 is 36.6. The van der Waals surface area contributed by atoms with Gasteiger partial charge in [0.05, 0.1) is 17.6 Å². The Labute approximate surface area is 158 Å². The Bertz CT molecular complexity index is 935. The molecule has 2 aromatic rings. The molecule has 144 valence electrons. The molecule has 2 aromatic carbocycles. The van der Waals surface area contributed by atoms with Gasteiger partial charge in [0, 0.05) is 0 Å². The van der Waals surface area contributed by atoms with Crippen LogP contribution < -0.4 is 4.72 Å². The molecule has 0 spiro atoms. The molecule has 2 rings (SSSR count). The van der Waals surface area contributed by atoms with Gasteiger partial charge in [-0.05, 0) is 48.7 Å². The number of carbonyl (C=O) groups is 2. The van der Waals surface area contributed by atoms with Gasteiger partial charge in [-0.15, -0.1) is 0 Å². The molecule has 0 unspecified atom stereocenters. The second-order valence-electron chi connectivity index (χ2n) is 5.94. The van der Waals surface area contributed by atoms with E-state index in [1.54, 1.807) is 50.2 Å². The Hall–Kier alpha value is -2.71. The van der Waals surface area contributed by atoms with Crippen LogP contribution in [0.5, 0.6) is 0 Å². The number of hydrogen-bond donors (Lipinski definition) is 1. The average molecular weight is 391 g/mol. The minimum atomic E-state index is -3.81. The van der Waals surface area contributed by atoms with Gasteiger partial charge in [-0.1, -0.05) is 24.3 Å². The van der Waals surface area contributed by atoms with Crippen LogP contribution in [0.4, 0.5) is 0 Å². The number of carbonyl (C=O) groups excluding carboxylic acids is 2. The van der Waals surface area contributed by atoms with Crippen molar-refractivity contribution in [3.05, 3.63) is 64.7 Å². The van der Waals surface area contributed by atoms with Gasteiger partial charge >= 0.3 is 11.9 Å². The van der Waals surface area contributed by atoms with Gasteiger partial charge in [-0.3, -0.25) is 4.79 Å². The third-order valence-corrected chi connectivity index (χ3v) is 5.36. The lowest BCUT2D eigenvalue weighted by atomic mass is 10.1. The molecule has 7 nitrogen and oxygen atoms in total. The predicted molar refractivity (Wildman–Crippen MR) is 98.7 cm³/mol. The summed E-state index contributed by atoms with van der Waals surface area (Å²) in [5.74, 6) is -1.17. The number of ether oxygens (including phenoxy) is 2. The number of rotatable bonds is 7. The molecule has 8 heteroatoms. The molecule has 0 atom stereocenters. The Kier molecular flexibility index (Phi) is 6.70. The third kappa shape index (κ3) is 5.63. The van der Waals surface area contributed by atoms with Gasteiger partial charge in [0.25, 0.3) is 0 Å². The normalized spacial score (nSPS) is 11.1. The van der Waals surface area contributed by atoms with E-state index in [1.165, 1.54) is 7.11 Å². The molecule has 0 aliphatic heterocycles. The molecule has 0 aliphatic carbocycles. The van der Waals surface area contributed by atoms with Crippen LogP contribution in [0.15, 0.2) is 47.4 Å². The lowest BCUT2D eigenvalue weighted by Gasteiger charge is -2.10. The van der Waals surface area contributed by atoms with Gasteiger partial charge in [0.1, 0.15) is 13.2 Å². The molecule has 0 heterocycles. The summed E-state index contributed by atoms with van der Waals surface area (Å²) in [7, 11) is -2.52. The van der Waals surface area contributed by atoms with Gasteiger partial charge in [0.15, 0.2) is 0 Å². The van der Waals surface area contributed by atoms with E-state index in [2.05, 4.69) is 9.46 Å². The zero-order valence-corrected chi connectivity index (χ0v) is 16.1. The van der Waals surface area contributed by atoms with Crippen LogP contribution >= 0.6 is 0 Å². The summed E-state index contributed by atoms with van der Waals surface area (Å²) in [5, 5.41) is 0. The van der Waals surface area contributed by atoms with Crippen LogP contribution in [0.3, 0.4) is 0 Å². The first-order chi connectivity index (χ1) is 12.7. The maximum atomic E-state index is 12.4. The summed E-state index contributed by atoms with van der Waals surface area (Å²) in [6.45, 7) is 2.96. The Morgan fingerprint density at radius 2 is 1.70 bits per heavy atom. The van der Waals surface area contributed by atoms with Gasteiger partial charge < -0.3 is 9.47 Å².